The number of hydrogen-bond donors (Lipinski definition) is 1. The fraction of sp³-hybridized carbons (Fsp3) is 0.929. The molecule has 1 amide bonds. The zero-order chi connectivity index (χ0) is 13.5. The Labute approximate surface area is 110 Å². The molecular formula is C14H27NO3. The second kappa shape index (κ2) is 7.74. The first-order valence-electron chi connectivity index (χ1n) is 7.12. The maximum Gasteiger partial charge on any atom is 0.254 e. The van der Waals surface area contributed by atoms with E-state index in [0.717, 1.165) is 19.3 Å². The quantitative estimate of drug-likeness (QED) is 0.507. The highest BCUT2D eigenvalue weighted by atomic mass is 16.6. The fourth-order valence-electron chi connectivity index (χ4n) is 2.17. The molecule has 0 aromatic heterocycles. The van der Waals surface area contributed by atoms with Crippen LogP contribution in [0.25, 0.3) is 0 Å². The van der Waals surface area contributed by atoms with Gasteiger partial charge in [-0.3, -0.25) is 4.79 Å². The SMILES string of the molecule is CCCCCCCC[C@@H](O)[C@H]1O[C@H]1C(=O)N(C)C. The first-order valence-corrected chi connectivity index (χ1v) is 7.12. The van der Waals surface area contributed by atoms with Crippen molar-refractivity contribution < 1.29 is 14.6 Å². The molecule has 3 atom stereocenters. The van der Waals surface area contributed by atoms with Gasteiger partial charge >= 0.3 is 0 Å². The largest absolute Gasteiger partial charge is 0.390 e. The summed E-state index contributed by atoms with van der Waals surface area (Å²) in [7, 11) is 3.42. The van der Waals surface area contributed by atoms with E-state index < -0.39 is 12.2 Å². The van der Waals surface area contributed by atoms with E-state index >= 15 is 0 Å². The van der Waals surface area contributed by atoms with Crippen LogP contribution in [0.5, 0.6) is 0 Å². The van der Waals surface area contributed by atoms with E-state index in [0.29, 0.717) is 0 Å². The normalized spacial score (nSPS) is 23.8. The molecule has 18 heavy (non-hydrogen) atoms. The Balaban J connectivity index is 2.05. The third-order valence-electron chi connectivity index (χ3n) is 3.44. The van der Waals surface area contributed by atoms with E-state index in [2.05, 4.69) is 6.92 Å². The molecule has 0 unspecified atom stereocenters. The second-order valence-electron chi connectivity index (χ2n) is 5.38. The predicted molar refractivity (Wildman–Crippen MR) is 71.4 cm³/mol. The van der Waals surface area contributed by atoms with Gasteiger partial charge in [0.1, 0.15) is 6.10 Å². The van der Waals surface area contributed by atoms with E-state index in [4.69, 9.17) is 4.74 Å². The zero-order valence-electron chi connectivity index (χ0n) is 11.9. The van der Waals surface area contributed by atoms with Gasteiger partial charge in [-0.05, 0) is 6.42 Å². The Kier molecular flexibility index (Phi) is 6.65. The molecule has 0 aromatic rings. The van der Waals surface area contributed by atoms with Crippen molar-refractivity contribution in [2.75, 3.05) is 14.1 Å². The average molecular weight is 257 g/mol. The maximum absolute atomic E-state index is 11.6. The van der Waals surface area contributed by atoms with Crippen LogP contribution < -0.4 is 0 Å². The summed E-state index contributed by atoms with van der Waals surface area (Å²) in [6.45, 7) is 2.20. The molecule has 1 saturated heterocycles. The standard InChI is InChI=1S/C14H27NO3/c1-4-5-6-7-8-9-10-11(16)12-13(18-12)14(17)15(2)3/h11-13,16H,4-10H2,1-3H3/t11-,12-,13-/m1/s1. The number of carbonyl (C=O) groups is 1. The highest BCUT2D eigenvalue weighted by molar-refractivity contribution is 5.83. The topological polar surface area (TPSA) is 53.1 Å². The predicted octanol–water partition coefficient (Wildman–Crippen LogP) is 1.95. The monoisotopic (exact) mass is 257 g/mol. The molecule has 0 bridgehead atoms. The molecule has 0 spiro atoms. The van der Waals surface area contributed by atoms with Crippen molar-refractivity contribution in [1.82, 2.24) is 4.90 Å². The molecule has 0 radical (unpaired) electrons. The van der Waals surface area contributed by atoms with Crippen LogP contribution in [0.1, 0.15) is 51.9 Å². The maximum atomic E-state index is 11.6. The number of rotatable bonds is 9. The molecule has 1 aliphatic rings. The Bertz CT molecular complexity index is 255. The summed E-state index contributed by atoms with van der Waals surface area (Å²) in [6.07, 6.45) is 6.86. The van der Waals surface area contributed by atoms with Gasteiger partial charge in [0.2, 0.25) is 0 Å². The third kappa shape index (κ3) is 4.94. The van der Waals surface area contributed by atoms with Crippen LogP contribution in [0, 0.1) is 0 Å². The summed E-state index contributed by atoms with van der Waals surface area (Å²) in [5.74, 6) is -0.0398. The molecule has 1 fully saturated rings. The third-order valence-corrected chi connectivity index (χ3v) is 3.44. The Morgan fingerprint density at radius 2 is 1.83 bits per heavy atom. The van der Waals surface area contributed by atoms with Crippen LogP contribution in [0.3, 0.4) is 0 Å². The number of aliphatic hydroxyl groups excluding tert-OH is 1. The number of epoxide rings is 1. The second-order valence-corrected chi connectivity index (χ2v) is 5.38. The van der Waals surface area contributed by atoms with Crippen LogP contribution in [0.4, 0.5) is 0 Å². The first kappa shape index (κ1) is 15.4. The van der Waals surface area contributed by atoms with Crippen LogP contribution in [-0.4, -0.2) is 48.3 Å². The van der Waals surface area contributed by atoms with Gasteiger partial charge in [0.05, 0.1) is 6.10 Å². The highest BCUT2D eigenvalue weighted by Crippen LogP contribution is 2.29. The van der Waals surface area contributed by atoms with Crippen molar-refractivity contribution in [3.05, 3.63) is 0 Å². The van der Waals surface area contributed by atoms with Gasteiger partial charge in [0, 0.05) is 14.1 Å². The van der Waals surface area contributed by atoms with Crippen LogP contribution >= 0.6 is 0 Å². The van der Waals surface area contributed by atoms with Crippen LogP contribution in [0.15, 0.2) is 0 Å². The zero-order valence-corrected chi connectivity index (χ0v) is 11.9. The molecule has 1 N–H and O–H groups in total. The summed E-state index contributed by atoms with van der Waals surface area (Å²) < 4.78 is 5.26. The molecule has 0 saturated carbocycles. The summed E-state index contributed by atoms with van der Waals surface area (Å²) in [6, 6.07) is 0. The highest BCUT2D eigenvalue weighted by Gasteiger charge is 2.49. The lowest BCUT2D eigenvalue weighted by Gasteiger charge is -2.09. The number of nitrogens with zero attached hydrogens (tertiary/aromatic N) is 1. The fourth-order valence-corrected chi connectivity index (χ4v) is 2.17. The number of carbonyl (C=O) groups excluding carboxylic acids is 1. The average Bonchev–Trinajstić information content (AvgIpc) is 3.12. The Morgan fingerprint density at radius 3 is 2.44 bits per heavy atom. The van der Waals surface area contributed by atoms with Gasteiger partial charge in [-0.1, -0.05) is 45.4 Å². The van der Waals surface area contributed by atoms with Crippen molar-refractivity contribution in [3.8, 4) is 0 Å². The van der Waals surface area contributed by atoms with Crippen molar-refractivity contribution >= 4 is 5.91 Å². The molecule has 4 heteroatoms. The minimum absolute atomic E-state index is 0.0398. The van der Waals surface area contributed by atoms with Crippen LogP contribution in [-0.2, 0) is 9.53 Å². The van der Waals surface area contributed by atoms with Gasteiger partial charge in [-0.2, -0.15) is 0 Å². The number of amides is 1. The van der Waals surface area contributed by atoms with E-state index in [9.17, 15) is 9.90 Å². The van der Waals surface area contributed by atoms with Gasteiger partial charge in [-0.25, -0.2) is 0 Å². The van der Waals surface area contributed by atoms with Gasteiger partial charge in [0.25, 0.3) is 5.91 Å². The lowest BCUT2D eigenvalue weighted by molar-refractivity contribution is -0.130. The van der Waals surface area contributed by atoms with Gasteiger partial charge in [-0.15, -0.1) is 0 Å². The number of likely N-dealkylation sites (N-methyl/N-ethyl adjacent to an activating group) is 1. The Hall–Kier alpha value is -0.610. The van der Waals surface area contributed by atoms with E-state index in [1.165, 1.54) is 30.6 Å². The van der Waals surface area contributed by atoms with Gasteiger partial charge < -0.3 is 14.7 Å². The van der Waals surface area contributed by atoms with E-state index in [-0.39, 0.29) is 12.0 Å². The molecule has 1 aliphatic heterocycles. The molecular weight excluding hydrogens is 230 g/mol. The number of ether oxygens (including phenoxy) is 1. The summed E-state index contributed by atoms with van der Waals surface area (Å²) >= 11 is 0. The lowest BCUT2D eigenvalue weighted by Crippen LogP contribution is -2.30. The molecule has 4 nitrogen and oxygen atoms in total. The van der Waals surface area contributed by atoms with Crippen molar-refractivity contribution in [2.45, 2.75) is 70.2 Å². The Morgan fingerprint density at radius 1 is 1.22 bits per heavy atom. The summed E-state index contributed by atoms with van der Waals surface area (Å²) in [5.41, 5.74) is 0. The number of unbranched alkanes of at least 4 members (excludes halogenated alkanes) is 5. The van der Waals surface area contributed by atoms with Crippen molar-refractivity contribution in [3.63, 3.8) is 0 Å². The van der Waals surface area contributed by atoms with Crippen molar-refractivity contribution in [1.29, 1.82) is 0 Å². The van der Waals surface area contributed by atoms with E-state index in [1.54, 1.807) is 14.1 Å². The molecule has 0 aliphatic carbocycles. The molecule has 0 aromatic carbocycles. The van der Waals surface area contributed by atoms with Gasteiger partial charge in [0.15, 0.2) is 6.10 Å². The summed E-state index contributed by atoms with van der Waals surface area (Å²) in [4.78, 5) is 13.1. The molecule has 106 valence electrons. The van der Waals surface area contributed by atoms with Crippen molar-refractivity contribution in [2.24, 2.45) is 0 Å². The lowest BCUT2D eigenvalue weighted by atomic mass is 10.0. The number of aliphatic hydroxyl groups is 1. The van der Waals surface area contributed by atoms with E-state index in [1.807, 2.05) is 0 Å². The minimum atomic E-state index is -0.481. The molecule has 1 heterocycles. The first-order chi connectivity index (χ1) is 8.57. The summed E-state index contributed by atoms with van der Waals surface area (Å²) in [5, 5.41) is 9.90. The number of hydrogen-bond acceptors (Lipinski definition) is 3. The van der Waals surface area contributed by atoms with Crippen LogP contribution in [0.2, 0.25) is 0 Å². The smallest absolute Gasteiger partial charge is 0.254 e. The molecule has 1 rings (SSSR count). The minimum Gasteiger partial charge on any atom is -0.390 e.